The lowest BCUT2D eigenvalue weighted by molar-refractivity contribution is 0.0281. The van der Waals surface area contributed by atoms with Crippen molar-refractivity contribution in [3.63, 3.8) is 0 Å². The number of nitrogens with zero attached hydrogens (tertiary/aromatic N) is 2. The SMILES string of the molecule is CC(I)N1CCN(C(C)(C)C)CC1C. The Morgan fingerprint density at radius 2 is 1.86 bits per heavy atom. The lowest BCUT2D eigenvalue weighted by atomic mass is 10.0. The largest absolute Gasteiger partial charge is 0.296 e. The quantitative estimate of drug-likeness (QED) is 0.417. The average molecular weight is 310 g/mol. The Kier molecular flexibility index (Phi) is 4.23. The summed E-state index contributed by atoms with van der Waals surface area (Å²) in [5.41, 5.74) is 0.328. The van der Waals surface area contributed by atoms with Crippen LogP contribution in [0.2, 0.25) is 0 Å². The number of hydrogen-bond donors (Lipinski definition) is 0. The fourth-order valence-electron chi connectivity index (χ4n) is 2.11. The van der Waals surface area contributed by atoms with E-state index in [1.165, 1.54) is 19.6 Å². The van der Waals surface area contributed by atoms with E-state index in [0.29, 0.717) is 15.6 Å². The van der Waals surface area contributed by atoms with Crippen LogP contribution in [-0.2, 0) is 0 Å². The van der Waals surface area contributed by atoms with Gasteiger partial charge in [-0.2, -0.15) is 0 Å². The molecule has 2 nitrogen and oxygen atoms in total. The van der Waals surface area contributed by atoms with Crippen LogP contribution < -0.4 is 0 Å². The van der Waals surface area contributed by atoms with Gasteiger partial charge >= 0.3 is 0 Å². The third-order valence-electron chi connectivity index (χ3n) is 3.08. The fourth-order valence-corrected chi connectivity index (χ4v) is 2.94. The molecule has 84 valence electrons. The highest BCUT2D eigenvalue weighted by Gasteiger charge is 2.31. The van der Waals surface area contributed by atoms with E-state index in [1.807, 2.05) is 0 Å². The maximum Gasteiger partial charge on any atom is 0.0593 e. The van der Waals surface area contributed by atoms with E-state index in [1.54, 1.807) is 0 Å². The number of halogens is 1. The summed E-state index contributed by atoms with van der Waals surface area (Å²) in [6.07, 6.45) is 0. The highest BCUT2D eigenvalue weighted by Crippen LogP contribution is 2.22. The number of piperazine rings is 1. The number of rotatable bonds is 1. The Hall–Kier alpha value is 0.650. The average Bonchev–Trinajstić information content (AvgIpc) is 2.01. The predicted octanol–water partition coefficient (Wildman–Crippen LogP) is 2.57. The van der Waals surface area contributed by atoms with E-state index in [0.717, 1.165) is 0 Å². The van der Waals surface area contributed by atoms with Crippen LogP contribution in [0.1, 0.15) is 34.6 Å². The molecular formula is C11H23IN2. The molecule has 14 heavy (non-hydrogen) atoms. The van der Waals surface area contributed by atoms with Gasteiger partial charge in [-0.05, 0) is 34.6 Å². The molecule has 0 aromatic rings. The monoisotopic (exact) mass is 310 g/mol. The summed E-state index contributed by atoms with van der Waals surface area (Å²) < 4.78 is 0.657. The van der Waals surface area contributed by atoms with Crippen molar-refractivity contribution in [1.29, 1.82) is 0 Å². The maximum absolute atomic E-state index is 2.59. The Morgan fingerprint density at radius 1 is 1.29 bits per heavy atom. The molecule has 1 fully saturated rings. The van der Waals surface area contributed by atoms with Crippen LogP contribution in [0.25, 0.3) is 0 Å². The van der Waals surface area contributed by atoms with Crippen LogP contribution in [0.3, 0.4) is 0 Å². The van der Waals surface area contributed by atoms with Gasteiger partial charge in [0, 0.05) is 31.2 Å². The highest BCUT2D eigenvalue weighted by atomic mass is 127. The first kappa shape index (κ1) is 12.7. The van der Waals surface area contributed by atoms with E-state index in [4.69, 9.17) is 0 Å². The summed E-state index contributed by atoms with van der Waals surface area (Å²) in [5, 5.41) is 0. The third kappa shape index (κ3) is 3.07. The van der Waals surface area contributed by atoms with E-state index in [-0.39, 0.29) is 0 Å². The summed E-state index contributed by atoms with van der Waals surface area (Å²) in [7, 11) is 0. The van der Waals surface area contributed by atoms with Crippen molar-refractivity contribution in [3.8, 4) is 0 Å². The van der Waals surface area contributed by atoms with E-state index < -0.39 is 0 Å². The van der Waals surface area contributed by atoms with E-state index in [9.17, 15) is 0 Å². The van der Waals surface area contributed by atoms with Crippen LogP contribution in [0.15, 0.2) is 0 Å². The lowest BCUT2D eigenvalue weighted by Gasteiger charge is -2.46. The first-order valence-corrected chi connectivity index (χ1v) is 6.72. The van der Waals surface area contributed by atoms with E-state index >= 15 is 0 Å². The van der Waals surface area contributed by atoms with Gasteiger partial charge in [-0.1, -0.05) is 22.6 Å². The first-order chi connectivity index (χ1) is 6.32. The molecule has 0 aromatic carbocycles. The Labute approximate surface area is 102 Å². The van der Waals surface area contributed by atoms with Crippen molar-refractivity contribution in [3.05, 3.63) is 0 Å². The standard InChI is InChI=1S/C11H23IN2/c1-9-8-13(11(3,4)5)6-7-14(9)10(2)12/h9-10H,6-8H2,1-5H3. The van der Waals surface area contributed by atoms with Crippen molar-refractivity contribution in [2.24, 2.45) is 0 Å². The molecule has 3 heteroatoms. The molecule has 1 heterocycles. The molecule has 1 aliphatic heterocycles. The zero-order valence-corrected chi connectivity index (χ0v) is 12.2. The summed E-state index contributed by atoms with van der Waals surface area (Å²) in [5.74, 6) is 0. The van der Waals surface area contributed by atoms with Gasteiger partial charge in [0.2, 0.25) is 0 Å². The molecule has 0 radical (unpaired) electrons. The third-order valence-corrected chi connectivity index (χ3v) is 3.80. The Morgan fingerprint density at radius 3 is 2.21 bits per heavy atom. The molecule has 0 N–H and O–H groups in total. The Bertz CT molecular complexity index is 186. The molecule has 1 aliphatic rings. The molecule has 0 spiro atoms. The van der Waals surface area contributed by atoms with Gasteiger partial charge in [0.05, 0.1) is 4.05 Å². The number of alkyl halides is 1. The normalized spacial score (nSPS) is 29.1. The second-order valence-corrected chi connectivity index (χ2v) is 7.08. The fraction of sp³-hybridized carbons (Fsp3) is 1.00. The zero-order chi connectivity index (χ0) is 10.9. The van der Waals surface area contributed by atoms with Gasteiger partial charge < -0.3 is 0 Å². The minimum Gasteiger partial charge on any atom is -0.296 e. The molecular weight excluding hydrogens is 287 g/mol. The molecule has 2 atom stereocenters. The van der Waals surface area contributed by atoms with Crippen LogP contribution in [0.4, 0.5) is 0 Å². The van der Waals surface area contributed by atoms with Gasteiger partial charge in [0.1, 0.15) is 0 Å². The molecule has 2 unspecified atom stereocenters. The van der Waals surface area contributed by atoms with Crippen LogP contribution in [0, 0.1) is 0 Å². The maximum atomic E-state index is 2.59. The molecule has 1 saturated heterocycles. The predicted molar refractivity (Wildman–Crippen MR) is 71.0 cm³/mol. The molecule has 1 rings (SSSR count). The van der Waals surface area contributed by atoms with Gasteiger partial charge in [-0.25, -0.2) is 0 Å². The highest BCUT2D eigenvalue weighted by molar-refractivity contribution is 14.1. The summed E-state index contributed by atoms with van der Waals surface area (Å²) >= 11 is 2.51. The first-order valence-electron chi connectivity index (χ1n) is 5.47. The van der Waals surface area contributed by atoms with Crippen LogP contribution in [-0.4, -0.2) is 45.1 Å². The molecule has 0 bridgehead atoms. The summed E-state index contributed by atoms with van der Waals surface area (Å²) in [6.45, 7) is 15.2. The Balaban J connectivity index is 2.55. The van der Waals surface area contributed by atoms with Crippen molar-refractivity contribution in [2.45, 2.75) is 50.2 Å². The van der Waals surface area contributed by atoms with Crippen molar-refractivity contribution < 1.29 is 0 Å². The summed E-state index contributed by atoms with van der Waals surface area (Å²) in [4.78, 5) is 5.18. The lowest BCUT2D eigenvalue weighted by Crippen LogP contribution is -2.58. The minimum absolute atomic E-state index is 0.328. The molecule has 0 saturated carbocycles. The molecule has 0 aliphatic carbocycles. The molecule has 0 amide bonds. The second kappa shape index (κ2) is 4.66. The van der Waals surface area contributed by atoms with Crippen molar-refractivity contribution in [1.82, 2.24) is 9.80 Å². The number of hydrogen-bond acceptors (Lipinski definition) is 2. The van der Waals surface area contributed by atoms with Crippen molar-refractivity contribution >= 4 is 22.6 Å². The van der Waals surface area contributed by atoms with Crippen molar-refractivity contribution in [2.75, 3.05) is 19.6 Å². The van der Waals surface area contributed by atoms with Crippen LogP contribution in [0.5, 0.6) is 0 Å². The van der Waals surface area contributed by atoms with Gasteiger partial charge in [-0.15, -0.1) is 0 Å². The minimum atomic E-state index is 0.328. The molecule has 0 aromatic heterocycles. The smallest absolute Gasteiger partial charge is 0.0593 e. The van der Waals surface area contributed by atoms with Gasteiger partial charge in [-0.3, -0.25) is 9.80 Å². The topological polar surface area (TPSA) is 6.48 Å². The van der Waals surface area contributed by atoms with E-state index in [2.05, 4.69) is 67.0 Å². The zero-order valence-electron chi connectivity index (χ0n) is 10.0. The summed E-state index contributed by atoms with van der Waals surface area (Å²) in [6, 6.07) is 0.690. The van der Waals surface area contributed by atoms with Gasteiger partial charge in [0.15, 0.2) is 0 Å². The second-order valence-electron chi connectivity index (χ2n) is 5.28. The van der Waals surface area contributed by atoms with Crippen LogP contribution >= 0.6 is 22.6 Å². The van der Waals surface area contributed by atoms with Gasteiger partial charge in [0.25, 0.3) is 0 Å².